The molecule has 0 aliphatic carbocycles. The van der Waals surface area contributed by atoms with Crippen LogP contribution in [0.5, 0.6) is 0 Å². The average Bonchev–Trinajstić information content (AvgIpc) is 2.59. The van der Waals surface area contributed by atoms with Crippen molar-refractivity contribution in [2.24, 2.45) is 0 Å². The zero-order chi connectivity index (χ0) is 17.8. The highest BCUT2D eigenvalue weighted by Crippen LogP contribution is 2.21. The summed E-state index contributed by atoms with van der Waals surface area (Å²) in [4.78, 5) is 14.3. The third-order valence-corrected chi connectivity index (χ3v) is 4.51. The quantitative estimate of drug-likeness (QED) is 0.801. The molecule has 1 amide bonds. The zero-order valence-corrected chi connectivity index (χ0v) is 14.3. The summed E-state index contributed by atoms with van der Waals surface area (Å²) in [5.41, 5.74) is 0.907. The lowest BCUT2D eigenvalue weighted by Gasteiger charge is -2.33. The molecule has 0 N–H and O–H groups in total. The number of carbonyl (C=O) groups is 1. The molecule has 0 saturated carbocycles. The molecule has 0 spiro atoms. The van der Waals surface area contributed by atoms with Gasteiger partial charge in [-0.15, -0.1) is 0 Å². The summed E-state index contributed by atoms with van der Waals surface area (Å²) in [7, 11) is 0. The van der Waals surface area contributed by atoms with Crippen LogP contribution >= 0.6 is 11.6 Å². The smallest absolute Gasteiger partial charge is 0.255 e. The number of halogens is 3. The first-order valence-corrected chi connectivity index (χ1v) is 8.51. The molecule has 132 valence electrons. The molecule has 1 fully saturated rings. The maximum Gasteiger partial charge on any atom is 0.255 e. The summed E-state index contributed by atoms with van der Waals surface area (Å²) in [5.74, 6) is -1.38. The molecule has 6 heteroatoms. The molecule has 1 aliphatic rings. The van der Waals surface area contributed by atoms with E-state index in [0.29, 0.717) is 29.2 Å². The number of ether oxygens (including phenoxy) is 1. The van der Waals surface area contributed by atoms with Gasteiger partial charge in [-0.05, 0) is 42.7 Å². The number of benzene rings is 2. The van der Waals surface area contributed by atoms with E-state index in [1.54, 1.807) is 29.2 Å². The third-order valence-electron chi connectivity index (χ3n) is 4.18. The van der Waals surface area contributed by atoms with Gasteiger partial charge in [-0.2, -0.15) is 0 Å². The van der Waals surface area contributed by atoms with E-state index in [9.17, 15) is 13.6 Å². The lowest BCUT2D eigenvalue weighted by molar-refractivity contribution is -0.00686. The first-order valence-electron chi connectivity index (χ1n) is 8.13. The van der Waals surface area contributed by atoms with E-state index < -0.39 is 11.6 Å². The Morgan fingerprint density at radius 3 is 2.64 bits per heavy atom. The summed E-state index contributed by atoms with van der Waals surface area (Å²) in [5, 5.41) is 0.422. The molecular weight excluding hydrogens is 348 g/mol. The predicted octanol–water partition coefficient (Wildman–Crippen LogP) is 4.44. The summed E-state index contributed by atoms with van der Waals surface area (Å²) in [6.45, 7) is 1.17. The second kappa shape index (κ2) is 7.93. The highest BCUT2D eigenvalue weighted by atomic mass is 35.5. The van der Waals surface area contributed by atoms with E-state index in [0.717, 1.165) is 18.9 Å². The Balaban J connectivity index is 1.61. The van der Waals surface area contributed by atoms with Crippen molar-refractivity contribution in [3.05, 3.63) is 70.2 Å². The van der Waals surface area contributed by atoms with Crippen LogP contribution < -0.4 is 0 Å². The van der Waals surface area contributed by atoms with E-state index in [1.807, 2.05) is 0 Å². The topological polar surface area (TPSA) is 29.5 Å². The molecule has 2 aromatic carbocycles. The number of hydrogen-bond acceptors (Lipinski definition) is 2. The van der Waals surface area contributed by atoms with Crippen molar-refractivity contribution >= 4 is 17.5 Å². The predicted molar refractivity (Wildman–Crippen MR) is 91.5 cm³/mol. The number of amides is 1. The van der Waals surface area contributed by atoms with E-state index in [1.165, 1.54) is 12.1 Å². The molecule has 2 aromatic rings. The Kier molecular flexibility index (Phi) is 5.66. The van der Waals surface area contributed by atoms with Gasteiger partial charge >= 0.3 is 0 Å². The number of rotatable bonds is 4. The van der Waals surface area contributed by atoms with Gasteiger partial charge in [0, 0.05) is 19.2 Å². The van der Waals surface area contributed by atoms with Crippen LogP contribution in [0, 0.1) is 11.6 Å². The van der Waals surface area contributed by atoms with E-state index in [-0.39, 0.29) is 18.6 Å². The van der Waals surface area contributed by atoms with Crippen LogP contribution in [0.25, 0.3) is 0 Å². The Labute approximate surface area is 150 Å². The fourth-order valence-electron chi connectivity index (χ4n) is 2.97. The van der Waals surface area contributed by atoms with E-state index in [4.69, 9.17) is 16.3 Å². The maximum atomic E-state index is 13.2. The molecular formula is C19H18ClF2NO2. The van der Waals surface area contributed by atoms with Crippen molar-refractivity contribution in [3.8, 4) is 0 Å². The van der Waals surface area contributed by atoms with Crippen LogP contribution in [0.1, 0.15) is 28.8 Å². The van der Waals surface area contributed by atoms with Gasteiger partial charge in [-0.1, -0.05) is 23.7 Å². The highest BCUT2D eigenvalue weighted by Gasteiger charge is 2.26. The van der Waals surface area contributed by atoms with Crippen molar-refractivity contribution in [1.29, 1.82) is 0 Å². The second-order valence-corrected chi connectivity index (χ2v) is 6.49. The van der Waals surface area contributed by atoms with Gasteiger partial charge in [0.1, 0.15) is 11.6 Å². The number of nitrogens with zero attached hydrogens (tertiary/aromatic N) is 1. The van der Waals surface area contributed by atoms with Gasteiger partial charge < -0.3 is 9.64 Å². The van der Waals surface area contributed by atoms with Crippen LogP contribution in [-0.2, 0) is 11.3 Å². The zero-order valence-electron chi connectivity index (χ0n) is 13.6. The molecule has 1 heterocycles. The second-order valence-electron chi connectivity index (χ2n) is 6.08. The fourth-order valence-corrected chi connectivity index (χ4v) is 3.19. The van der Waals surface area contributed by atoms with Crippen LogP contribution in [0.15, 0.2) is 42.5 Å². The lowest BCUT2D eigenvalue weighted by Crippen LogP contribution is -2.43. The van der Waals surface area contributed by atoms with Gasteiger partial charge in [0.2, 0.25) is 0 Å². The van der Waals surface area contributed by atoms with Gasteiger partial charge in [0.25, 0.3) is 5.91 Å². The fraction of sp³-hybridized carbons (Fsp3) is 0.316. The van der Waals surface area contributed by atoms with Gasteiger partial charge in [0.15, 0.2) is 0 Å². The molecule has 1 saturated heterocycles. The van der Waals surface area contributed by atoms with Crippen molar-refractivity contribution < 1.29 is 18.3 Å². The monoisotopic (exact) mass is 365 g/mol. The summed E-state index contributed by atoms with van der Waals surface area (Å²) in [6.07, 6.45) is 1.43. The van der Waals surface area contributed by atoms with E-state index >= 15 is 0 Å². The maximum absolute atomic E-state index is 13.2. The highest BCUT2D eigenvalue weighted by molar-refractivity contribution is 6.33. The Hall–Kier alpha value is -1.98. The molecule has 3 nitrogen and oxygen atoms in total. The average molecular weight is 366 g/mol. The lowest BCUT2D eigenvalue weighted by atomic mass is 10.1. The number of carbonyl (C=O) groups excluding carboxylic acids is 1. The summed E-state index contributed by atoms with van der Waals surface area (Å²) >= 11 is 6.10. The third kappa shape index (κ3) is 4.55. The number of likely N-dealkylation sites (tertiary alicyclic amines) is 1. The Morgan fingerprint density at radius 1 is 1.20 bits per heavy atom. The van der Waals surface area contributed by atoms with Crippen molar-refractivity contribution in [2.75, 3.05) is 13.1 Å². The van der Waals surface area contributed by atoms with Crippen LogP contribution in [0.4, 0.5) is 8.78 Å². The minimum absolute atomic E-state index is 0.105. The standard InChI is InChI=1S/C19H18ClF2NO2/c20-18-6-2-1-5-17(18)19(24)23-7-3-4-16(11-23)25-12-13-8-14(21)10-15(22)9-13/h1-2,5-6,8-10,16H,3-4,7,11-12H2. The largest absolute Gasteiger partial charge is 0.372 e. The Morgan fingerprint density at radius 2 is 1.92 bits per heavy atom. The molecule has 0 radical (unpaired) electrons. The SMILES string of the molecule is O=C(c1ccccc1Cl)N1CCCC(OCc2cc(F)cc(F)c2)C1. The van der Waals surface area contributed by atoms with Crippen molar-refractivity contribution in [1.82, 2.24) is 4.90 Å². The molecule has 1 atom stereocenters. The Bertz CT molecular complexity index is 749. The van der Waals surface area contributed by atoms with Crippen LogP contribution in [-0.4, -0.2) is 30.0 Å². The van der Waals surface area contributed by atoms with Crippen LogP contribution in [0.3, 0.4) is 0 Å². The first kappa shape index (κ1) is 17.8. The molecule has 25 heavy (non-hydrogen) atoms. The van der Waals surface area contributed by atoms with Crippen LogP contribution in [0.2, 0.25) is 5.02 Å². The molecule has 1 aliphatic heterocycles. The normalized spacial score (nSPS) is 17.6. The summed E-state index contributed by atoms with van der Waals surface area (Å²) < 4.78 is 32.2. The first-order chi connectivity index (χ1) is 12.0. The van der Waals surface area contributed by atoms with Gasteiger partial charge in [0.05, 0.1) is 23.3 Å². The molecule has 3 rings (SSSR count). The minimum atomic E-state index is -0.627. The number of piperidine rings is 1. The van der Waals surface area contributed by atoms with Gasteiger partial charge in [-0.25, -0.2) is 8.78 Å². The summed E-state index contributed by atoms with van der Waals surface area (Å²) in [6, 6.07) is 10.3. The molecule has 0 bridgehead atoms. The molecule has 1 unspecified atom stereocenters. The van der Waals surface area contributed by atoms with Crippen molar-refractivity contribution in [3.63, 3.8) is 0 Å². The molecule has 0 aromatic heterocycles. The van der Waals surface area contributed by atoms with Crippen molar-refractivity contribution in [2.45, 2.75) is 25.6 Å². The number of hydrogen-bond donors (Lipinski definition) is 0. The van der Waals surface area contributed by atoms with Gasteiger partial charge in [-0.3, -0.25) is 4.79 Å². The minimum Gasteiger partial charge on any atom is -0.372 e. The van der Waals surface area contributed by atoms with E-state index in [2.05, 4.69) is 0 Å².